The third-order valence-corrected chi connectivity index (χ3v) is 7.30. The van der Waals surface area contributed by atoms with Gasteiger partial charge < -0.3 is 9.47 Å². The summed E-state index contributed by atoms with van der Waals surface area (Å²) < 4.78 is 26.6. The minimum atomic E-state index is -3.80. The Bertz CT molecular complexity index is 1130. The first-order valence-corrected chi connectivity index (χ1v) is 13.5. The van der Waals surface area contributed by atoms with Crippen molar-refractivity contribution >= 4 is 27.0 Å². The molecule has 8 nitrogen and oxygen atoms in total. The normalized spacial score (nSPS) is 20.0. The van der Waals surface area contributed by atoms with Crippen LogP contribution in [0.25, 0.3) is 11.0 Å². The smallest absolute Gasteiger partial charge is 0.289 e. The van der Waals surface area contributed by atoms with Gasteiger partial charge in [-0.05, 0) is 37.8 Å². The fourth-order valence-electron chi connectivity index (χ4n) is 5.19. The zero-order chi connectivity index (χ0) is 22.7. The van der Waals surface area contributed by atoms with Gasteiger partial charge in [0.1, 0.15) is 0 Å². The molecule has 2 aromatic rings. The summed E-state index contributed by atoms with van der Waals surface area (Å²) in [6.45, 7) is 1.84. The molecule has 0 bridgehead atoms. The van der Waals surface area contributed by atoms with Gasteiger partial charge in [0.15, 0.2) is 5.69 Å². The van der Waals surface area contributed by atoms with Crippen LogP contribution in [0.1, 0.15) is 74.3 Å². The van der Waals surface area contributed by atoms with Gasteiger partial charge >= 0.3 is 0 Å². The summed E-state index contributed by atoms with van der Waals surface area (Å²) in [4.78, 5) is 32.6. The first-order chi connectivity index (χ1) is 15.3. The van der Waals surface area contributed by atoms with Crippen LogP contribution >= 0.6 is 0 Å². The maximum absolute atomic E-state index is 13.3. The van der Waals surface area contributed by atoms with Crippen molar-refractivity contribution in [2.24, 2.45) is 0 Å². The number of carbonyl (C=O) groups excluding carboxylic acids is 1. The van der Waals surface area contributed by atoms with Crippen molar-refractivity contribution in [1.29, 1.82) is 0 Å². The predicted octanol–water partition coefficient (Wildman–Crippen LogP) is 2.84. The highest BCUT2D eigenvalue weighted by Crippen LogP contribution is 2.29. The van der Waals surface area contributed by atoms with Gasteiger partial charge in [0.05, 0.1) is 17.3 Å². The molecule has 9 heteroatoms. The van der Waals surface area contributed by atoms with Crippen molar-refractivity contribution in [1.82, 2.24) is 19.2 Å². The highest BCUT2D eigenvalue weighted by Gasteiger charge is 2.29. The van der Waals surface area contributed by atoms with Gasteiger partial charge in [0.2, 0.25) is 10.0 Å². The lowest BCUT2D eigenvalue weighted by Gasteiger charge is -2.39. The third kappa shape index (κ3) is 5.20. The summed E-state index contributed by atoms with van der Waals surface area (Å²) >= 11 is 0. The van der Waals surface area contributed by atoms with E-state index in [9.17, 15) is 18.0 Å². The summed E-state index contributed by atoms with van der Waals surface area (Å²) in [6, 6.07) is 7.79. The topological polar surface area (TPSA) is 101 Å². The fraction of sp³-hybridized carbons (Fsp3) is 0.609. The van der Waals surface area contributed by atoms with Crippen molar-refractivity contribution in [2.75, 3.05) is 19.3 Å². The van der Waals surface area contributed by atoms with Gasteiger partial charge in [-0.1, -0.05) is 44.2 Å². The molecule has 1 aromatic heterocycles. The van der Waals surface area contributed by atoms with E-state index in [1.54, 1.807) is 16.7 Å². The molecule has 1 aliphatic heterocycles. The zero-order valence-electron chi connectivity index (χ0n) is 18.6. The highest BCUT2D eigenvalue weighted by molar-refractivity contribution is 7.89. The van der Waals surface area contributed by atoms with Crippen LogP contribution in [0.5, 0.6) is 0 Å². The molecule has 4 rings (SSSR count). The lowest BCUT2D eigenvalue weighted by Crippen LogP contribution is -2.44. The molecule has 174 valence electrons. The number of benzene rings is 1. The van der Waals surface area contributed by atoms with Gasteiger partial charge in [0, 0.05) is 25.2 Å². The molecule has 1 aliphatic carbocycles. The molecule has 0 radical (unpaired) electrons. The molecule has 0 spiro atoms. The Morgan fingerprint density at radius 1 is 0.969 bits per heavy atom. The van der Waals surface area contributed by atoms with Crippen molar-refractivity contribution in [3.8, 4) is 0 Å². The minimum absolute atomic E-state index is 0.0509. The van der Waals surface area contributed by atoms with E-state index in [-0.39, 0.29) is 11.7 Å². The summed E-state index contributed by atoms with van der Waals surface area (Å²) in [5, 5.41) is 0. The van der Waals surface area contributed by atoms with Crippen LogP contribution in [0, 0.1) is 0 Å². The molecule has 1 saturated heterocycles. The van der Waals surface area contributed by atoms with Gasteiger partial charge in [-0.15, -0.1) is 0 Å². The van der Waals surface area contributed by atoms with Crippen LogP contribution in [-0.2, 0) is 10.0 Å². The Morgan fingerprint density at radius 3 is 2.25 bits per heavy atom. The molecule has 2 heterocycles. The molecule has 32 heavy (non-hydrogen) atoms. The Hall–Kier alpha value is -2.26. The number of hydrogen-bond acceptors (Lipinski definition) is 6. The Balaban J connectivity index is 1.60. The van der Waals surface area contributed by atoms with E-state index in [4.69, 9.17) is 0 Å². The van der Waals surface area contributed by atoms with Crippen molar-refractivity contribution in [3.63, 3.8) is 0 Å². The molecule has 1 N–H and O–H groups in total. The average Bonchev–Trinajstić information content (AvgIpc) is 2.72. The molecule has 1 amide bonds. The van der Waals surface area contributed by atoms with E-state index in [2.05, 4.69) is 9.88 Å². The van der Waals surface area contributed by atoms with E-state index in [1.165, 1.54) is 44.9 Å². The second kappa shape index (κ2) is 9.70. The van der Waals surface area contributed by atoms with Gasteiger partial charge in [-0.3, -0.25) is 9.59 Å². The number of hydrogen-bond donors (Lipinski definition) is 1. The average molecular weight is 461 g/mol. The Morgan fingerprint density at radius 2 is 1.59 bits per heavy atom. The van der Waals surface area contributed by atoms with E-state index in [0.29, 0.717) is 17.1 Å². The standard InChI is InChI=1S/C23H32N4O4S/c1-32(30,31)25-22(28)21-23(29)27(20-12-8-7-11-19(20)24-21)18-13-15-26(16-14-18)17-9-5-3-2-4-6-10-17/h7-8,11-12,17-18H,2-6,9-10,13-16H2,1H3,(H,25,28). The molecular formula is C23H32N4O4S. The fourth-order valence-corrected chi connectivity index (χ4v) is 5.62. The molecular weight excluding hydrogens is 428 g/mol. The third-order valence-electron chi connectivity index (χ3n) is 6.74. The predicted molar refractivity (Wildman–Crippen MR) is 124 cm³/mol. The maximum Gasteiger partial charge on any atom is 0.289 e. The number of carbonyl (C=O) groups is 1. The van der Waals surface area contributed by atoms with Gasteiger partial charge in [-0.25, -0.2) is 18.1 Å². The number of nitrogens with one attached hydrogen (secondary N) is 1. The zero-order valence-corrected chi connectivity index (χ0v) is 19.4. The number of fused-ring (bicyclic) bond motifs is 1. The maximum atomic E-state index is 13.3. The number of amides is 1. The SMILES string of the molecule is CS(=O)(=O)NC(=O)c1nc2ccccc2n(C2CCN(C3CCCCCCC3)CC2)c1=O. The van der Waals surface area contributed by atoms with Crippen LogP contribution in [0.2, 0.25) is 0 Å². The second-order valence-corrected chi connectivity index (χ2v) is 10.8. The quantitative estimate of drug-likeness (QED) is 0.753. The number of piperidine rings is 1. The molecule has 1 aromatic carbocycles. The summed E-state index contributed by atoms with van der Waals surface area (Å²) in [7, 11) is -3.80. The van der Waals surface area contributed by atoms with Crippen molar-refractivity contribution in [2.45, 2.75) is 69.9 Å². The second-order valence-electron chi connectivity index (χ2n) is 9.09. The van der Waals surface area contributed by atoms with Crippen molar-refractivity contribution < 1.29 is 13.2 Å². The van der Waals surface area contributed by atoms with E-state index in [1.807, 2.05) is 16.9 Å². The molecule has 2 fully saturated rings. The lowest BCUT2D eigenvalue weighted by atomic mass is 9.93. The van der Waals surface area contributed by atoms with Crippen LogP contribution in [0.15, 0.2) is 29.1 Å². The molecule has 1 saturated carbocycles. The number of nitrogens with zero attached hydrogens (tertiary/aromatic N) is 3. The first kappa shape index (κ1) is 22.9. The van der Waals surface area contributed by atoms with E-state index < -0.39 is 21.5 Å². The van der Waals surface area contributed by atoms with E-state index in [0.717, 1.165) is 32.2 Å². The van der Waals surface area contributed by atoms with Crippen LogP contribution < -0.4 is 10.3 Å². The number of likely N-dealkylation sites (tertiary alicyclic amines) is 1. The minimum Gasteiger partial charge on any atom is -0.302 e. The largest absolute Gasteiger partial charge is 0.302 e. The van der Waals surface area contributed by atoms with Crippen molar-refractivity contribution in [3.05, 3.63) is 40.3 Å². The van der Waals surface area contributed by atoms with Gasteiger partial charge in [-0.2, -0.15) is 0 Å². The number of rotatable bonds is 4. The summed E-state index contributed by atoms with van der Waals surface area (Å²) in [5.41, 5.74) is 0.275. The monoisotopic (exact) mass is 460 g/mol. The number of aromatic nitrogens is 2. The first-order valence-electron chi connectivity index (χ1n) is 11.6. The van der Waals surface area contributed by atoms with Gasteiger partial charge in [0.25, 0.3) is 11.5 Å². The number of sulfonamides is 1. The lowest BCUT2D eigenvalue weighted by molar-refractivity contribution is 0.0972. The molecule has 2 aliphatic rings. The Kier molecular flexibility index (Phi) is 6.95. The molecule has 0 unspecified atom stereocenters. The van der Waals surface area contributed by atoms with Crippen LogP contribution in [0.3, 0.4) is 0 Å². The summed E-state index contributed by atoms with van der Waals surface area (Å²) in [5.74, 6) is -0.982. The summed E-state index contributed by atoms with van der Waals surface area (Å²) in [6.07, 6.45) is 11.6. The Labute approximate surface area is 189 Å². The van der Waals surface area contributed by atoms with Crippen LogP contribution in [0.4, 0.5) is 0 Å². The van der Waals surface area contributed by atoms with E-state index >= 15 is 0 Å². The van der Waals surface area contributed by atoms with Crippen LogP contribution in [-0.4, -0.2) is 54.2 Å². The molecule has 0 atom stereocenters. The highest BCUT2D eigenvalue weighted by atomic mass is 32.2. The number of para-hydroxylation sites is 2.